The van der Waals surface area contributed by atoms with Gasteiger partial charge in [-0.15, -0.1) is 0 Å². The molecule has 0 aliphatic carbocycles. The van der Waals surface area contributed by atoms with Crippen molar-refractivity contribution in [3.8, 4) is 0 Å². The lowest BCUT2D eigenvalue weighted by molar-refractivity contribution is 0.686. The van der Waals surface area contributed by atoms with E-state index < -0.39 is 0 Å². The molecule has 0 unspecified atom stereocenters. The average molecular weight is 229 g/mol. The molecule has 17 heavy (non-hydrogen) atoms. The molecular weight excluding hydrogens is 206 g/mol. The average Bonchev–Trinajstić information content (AvgIpc) is 2.31. The van der Waals surface area contributed by atoms with Crippen LogP contribution in [0.5, 0.6) is 0 Å². The molecule has 0 bridgehead atoms. The summed E-state index contributed by atoms with van der Waals surface area (Å²) in [6.45, 7) is 6.44. The predicted octanol–water partition coefficient (Wildman–Crippen LogP) is 4.38. The van der Waals surface area contributed by atoms with Crippen molar-refractivity contribution in [2.75, 3.05) is 0 Å². The molecule has 0 saturated heterocycles. The molecule has 0 radical (unpaired) electrons. The number of hydrogen-bond acceptors (Lipinski definition) is 1. The van der Waals surface area contributed by atoms with Gasteiger partial charge in [-0.05, 0) is 31.9 Å². The molecule has 0 fully saturated rings. The maximum atomic E-state index is 3.54. The first-order chi connectivity index (χ1) is 8.26. The summed E-state index contributed by atoms with van der Waals surface area (Å²) >= 11 is 0. The van der Waals surface area contributed by atoms with Gasteiger partial charge < -0.3 is 5.32 Å². The van der Waals surface area contributed by atoms with Crippen molar-refractivity contribution in [3.05, 3.63) is 53.7 Å². The maximum absolute atomic E-state index is 3.54. The summed E-state index contributed by atoms with van der Waals surface area (Å²) in [4.78, 5) is 0. The lowest BCUT2D eigenvalue weighted by atomic mass is 10.1. The van der Waals surface area contributed by atoms with Crippen LogP contribution in [0, 0.1) is 0 Å². The van der Waals surface area contributed by atoms with Crippen molar-refractivity contribution in [2.24, 2.45) is 0 Å². The van der Waals surface area contributed by atoms with Crippen LogP contribution in [-0.4, -0.2) is 6.04 Å². The second-order valence-electron chi connectivity index (χ2n) is 4.29. The summed E-state index contributed by atoms with van der Waals surface area (Å²) < 4.78 is 0. The zero-order valence-corrected chi connectivity index (χ0v) is 11.1. The molecule has 1 aromatic carbocycles. The van der Waals surface area contributed by atoms with Crippen LogP contribution < -0.4 is 5.32 Å². The molecule has 0 saturated carbocycles. The van der Waals surface area contributed by atoms with Crippen LogP contribution in [0.2, 0.25) is 0 Å². The number of rotatable bonds is 6. The van der Waals surface area contributed by atoms with E-state index in [0.717, 1.165) is 12.8 Å². The van der Waals surface area contributed by atoms with Gasteiger partial charge in [-0.25, -0.2) is 0 Å². The molecule has 0 heterocycles. The Morgan fingerprint density at radius 3 is 2.59 bits per heavy atom. The van der Waals surface area contributed by atoms with Gasteiger partial charge in [0.1, 0.15) is 0 Å². The zero-order valence-electron chi connectivity index (χ0n) is 11.1. The summed E-state index contributed by atoms with van der Waals surface area (Å²) in [6, 6.07) is 10.9. The Morgan fingerprint density at radius 2 is 2.00 bits per heavy atom. The van der Waals surface area contributed by atoms with Crippen molar-refractivity contribution >= 4 is 6.08 Å². The molecule has 1 heteroatoms. The molecule has 0 amide bonds. The SMILES string of the molecule is CC=C[C@H](C)N/C(=C\c1ccccc1)CCC. The molecule has 0 aliphatic rings. The van der Waals surface area contributed by atoms with Gasteiger partial charge in [0, 0.05) is 11.7 Å². The second-order valence-corrected chi connectivity index (χ2v) is 4.29. The fourth-order valence-electron chi connectivity index (χ4n) is 1.84. The third kappa shape index (κ3) is 5.39. The Morgan fingerprint density at radius 1 is 1.29 bits per heavy atom. The van der Waals surface area contributed by atoms with E-state index in [2.05, 4.69) is 68.6 Å². The highest BCUT2D eigenvalue weighted by Crippen LogP contribution is 2.10. The van der Waals surface area contributed by atoms with Crippen LogP contribution in [0.25, 0.3) is 6.08 Å². The van der Waals surface area contributed by atoms with Gasteiger partial charge >= 0.3 is 0 Å². The van der Waals surface area contributed by atoms with Gasteiger partial charge in [0.2, 0.25) is 0 Å². The van der Waals surface area contributed by atoms with Crippen LogP contribution in [0.3, 0.4) is 0 Å². The van der Waals surface area contributed by atoms with Crippen LogP contribution in [-0.2, 0) is 0 Å². The quantitative estimate of drug-likeness (QED) is 0.714. The fourth-order valence-corrected chi connectivity index (χ4v) is 1.84. The molecule has 1 N–H and O–H groups in total. The topological polar surface area (TPSA) is 12.0 Å². The third-order valence-corrected chi connectivity index (χ3v) is 2.55. The molecule has 1 aromatic rings. The molecule has 1 nitrogen and oxygen atoms in total. The van der Waals surface area contributed by atoms with Gasteiger partial charge in [-0.2, -0.15) is 0 Å². The van der Waals surface area contributed by atoms with E-state index >= 15 is 0 Å². The fraction of sp³-hybridized carbons (Fsp3) is 0.375. The maximum Gasteiger partial charge on any atom is 0.0413 e. The van der Waals surface area contributed by atoms with Crippen LogP contribution in [0.4, 0.5) is 0 Å². The Balaban J connectivity index is 2.74. The van der Waals surface area contributed by atoms with Crippen molar-refractivity contribution in [1.29, 1.82) is 0 Å². The first-order valence-corrected chi connectivity index (χ1v) is 6.41. The van der Waals surface area contributed by atoms with Gasteiger partial charge in [-0.1, -0.05) is 55.8 Å². The van der Waals surface area contributed by atoms with Crippen LogP contribution in [0.1, 0.15) is 39.2 Å². The normalized spacial score (nSPS) is 13.9. The first kappa shape index (κ1) is 13.6. The molecule has 92 valence electrons. The summed E-state index contributed by atoms with van der Waals surface area (Å²) in [7, 11) is 0. The van der Waals surface area contributed by atoms with E-state index in [-0.39, 0.29) is 0 Å². The highest BCUT2D eigenvalue weighted by Gasteiger charge is 2.00. The smallest absolute Gasteiger partial charge is 0.0413 e. The molecule has 0 aliphatic heterocycles. The Labute approximate surface area is 105 Å². The second kappa shape index (κ2) is 7.72. The van der Waals surface area contributed by atoms with Crippen molar-refractivity contribution < 1.29 is 0 Å². The van der Waals surface area contributed by atoms with Gasteiger partial charge in [-0.3, -0.25) is 0 Å². The van der Waals surface area contributed by atoms with Crippen molar-refractivity contribution in [1.82, 2.24) is 5.32 Å². The molecule has 1 rings (SSSR count). The summed E-state index contributed by atoms with van der Waals surface area (Å²) in [5.74, 6) is 0. The van der Waals surface area contributed by atoms with E-state index in [9.17, 15) is 0 Å². The van der Waals surface area contributed by atoms with Crippen LogP contribution >= 0.6 is 0 Å². The zero-order chi connectivity index (χ0) is 12.5. The van der Waals surface area contributed by atoms with Gasteiger partial charge in [0.05, 0.1) is 0 Å². The highest BCUT2D eigenvalue weighted by atomic mass is 14.9. The number of allylic oxidation sites excluding steroid dienone is 2. The van der Waals surface area contributed by atoms with E-state index in [0.29, 0.717) is 6.04 Å². The van der Waals surface area contributed by atoms with E-state index in [1.807, 2.05) is 6.07 Å². The molecular formula is C16H23N. The molecule has 0 spiro atoms. The minimum atomic E-state index is 0.390. The summed E-state index contributed by atoms with van der Waals surface area (Å²) in [6.07, 6.45) is 8.76. The van der Waals surface area contributed by atoms with Crippen LogP contribution in [0.15, 0.2) is 48.2 Å². The largest absolute Gasteiger partial charge is 0.382 e. The highest BCUT2D eigenvalue weighted by molar-refractivity contribution is 5.52. The predicted molar refractivity (Wildman–Crippen MR) is 76.7 cm³/mol. The van der Waals surface area contributed by atoms with E-state index in [1.165, 1.54) is 11.3 Å². The van der Waals surface area contributed by atoms with E-state index in [4.69, 9.17) is 0 Å². The third-order valence-electron chi connectivity index (χ3n) is 2.55. The Hall–Kier alpha value is -1.50. The standard InChI is InChI=1S/C16H23N/c1-4-9-14(3)17-16(10-5-2)13-15-11-7-6-8-12-15/h4,6-9,11-14,17H,5,10H2,1-3H3/b9-4?,16-13-/t14-/m0/s1. The van der Waals surface area contributed by atoms with Crippen molar-refractivity contribution in [2.45, 2.75) is 39.7 Å². The minimum absolute atomic E-state index is 0.390. The number of nitrogens with one attached hydrogen (secondary N) is 1. The molecule has 1 atom stereocenters. The monoisotopic (exact) mass is 229 g/mol. The molecule has 0 aromatic heterocycles. The van der Waals surface area contributed by atoms with Gasteiger partial charge in [0.15, 0.2) is 0 Å². The number of benzene rings is 1. The minimum Gasteiger partial charge on any atom is -0.382 e. The Bertz CT molecular complexity index is 362. The Kier molecular flexibility index (Phi) is 6.16. The summed E-state index contributed by atoms with van der Waals surface area (Å²) in [5, 5.41) is 3.54. The lowest BCUT2D eigenvalue weighted by Gasteiger charge is -2.14. The summed E-state index contributed by atoms with van der Waals surface area (Å²) in [5.41, 5.74) is 2.57. The van der Waals surface area contributed by atoms with Crippen molar-refractivity contribution in [3.63, 3.8) is 0 Å². The number of hydrogen-bond donors (Lipinski definition) is 1. The first-order valence-electron chi connectivity index (χ1n) is 6.41. The van der Waals surface area contributed by atoms with E-state index in [1.54, 1.807) is 0 Å². The lowest BCUT2D eigenvalue weighted by Crippen LogP contribution is -2.23. The van der Waals surface area contributed by atoms with Gasteiger partial charge in [0.25, 0.3) is 0 Å².